The number of carbonyl (C=O) groups excluding carboxylic acids is 1. The maximum atomic E-state index is 12.1. The van der Waals surface area contributed by atoms with Crippen LogP contribution in [-0.4, -0.2) is 30.4 Å². The maximum absolute atomic E-state index is 12.1. The van der Waals surface area contributed by atoms with Gasteiger partial charge in [0.1, 0.15) is 11.2 Å². The van der Waals surface area contributed by atoms with Gasteiger partial charge in [0.15, 0.2) is 0 Å². The second-order valence-electron chi connectivity index (χ2n) is 5.84. The molecule has 0 atom stereocenters. The minimum Gasteiger partial charge on any atom is -0.456 e. The Morgan fingerprint density at radius 3 is 2.68 bits per heavy atom. The number of carbonyl (C=O) groups is 1. The molecular weight excluding hydrogens is 276 g/mol. The van der Waals surface area contributed by atoms with Gasteiger partial charge in [-0.25, -0.2) is 0 Å². The van der Waals surface area contributed by atoms with E-state index in [0.717, 1.165) is 40.7 Å². The van der Waals surface area contributed by atoms with Crippen molar-refractivity contribution in [3.8, 4) is 0 Å². The molecule has 2 heterocycles. The monoisotopic (exact) mass is 294 g/mol. The van der Waals surface area contributed by atoms with Crippen molar-refractivity contribution in [2.45, 2.75) is 12.8 Å². The lowest BCUT2D eigenvalue weighted by Gasteiger charge is -2.14. The Morgan fingerprint density at radius 1 is 1.05 bits per heavy atom. The zero-order valence-electron chi connectivity index (χ0n) is 12.3. The molecule has 112 valence electrons. The van der Waals surface area contributed by atoms with Crippen LogP contribution in [0, 0.1) is 0 Å². The summed E-state index contributed by atoms with van der Waals surface area (Å²) in [4.78, 5) is 14.3. The van der Waals surface area contributed by atoms with Crippen molar-refractivity contribution in [2.75, 3.05) is 25.0 Å². The molecule has 0 aliphatic carbocycles. The van der Waals surface area contributed by atoms with Gasteiger partial charge >= 0.3 is 0 Å². The van der Waals surface area contributed by atoms with Crippen LogP contribution < -0.4 is 5.32 Å². The Morgan fingerprint density at radius 2 is 1.82 bits per heavy atom. The van der Waals surface area contributed by atoms with Crippen LogP contribution in [0.25, 0.3) is 21.9 Å². The molecule has 1 amide bonds. The molecule has 0 radical (unpaired) electrons. The van der Waals surface area contributed by atoms with Crippen LogP contribution in [-0.2, 0) is 4.79 Å². The first-order valence-corrected chi connectivity index (χ1v) is 7.73. The standard InChI is InChI=1S/C18H18N2O2/c21-18(12-20-9-3-4-10-20)19-13-7-8-17-15(11-13)14-5-1-2-6-16(14)22-17/h1-2,5-8,11H,3-4,9-10,12H2,(H,19,21). The number of furan rings is 1. The SMILES string of the molecule is O=C(CN1CCCC1)Nc1ccc2oc3ccccc3c2c1. The van der Waals surface area contributed by atoms with E-state index in [1.165, 1.54) is 12.8 Å². The highest BCUT2D eigenvalue weighted by Gasteiger charge is 2.15. The Balaban J connectivity index is 1.59. The second-order valence-corrected chi connectivity index (χ2v) is 5.84. The van der Waals surface area contributed by atoms with E-state index in [9.17, 15) is 4.79 Å². The fourth-order valence-corrected chi connectivity index (χ4v) is 3.15. The van der Waals surface area contributed by atoms with Crippen LogP contribution in [0.1, 0.15) is 12.8 Å². The molecule has 1 fully saturated rings. The van der Waals surface area contributed by atoms with E-state index in [1.54, 1.807) is 0 Å². The average molecular weight is 294 g/mol. The summed E-state index contributed by atoms with van der Waals surface area (Å²) < 4.78 is 5.80. The minimum absolute atomic E-state index is 0.0500. The maximum Gasteiger partial charge on any atom is 0.238 e. The van der Waals surface area contributed by atoms with Gasteiger partial charge in [0, 0.05) is 16.5 Å². The third kappa shape index (κ3) is 2.46. The predicted molar refractivity (Wildman–Crippen MR) is 88.0 cm³/mol. The van der Waals surface area contributed by atoms with Crippen LogP contribution in [0.2, 0.25) is 0 Å². The van der Waals surface area contributed by atoms with Gasteiger partial charge in [-0.05, 0) is 50.2 Å². The van der Waals surface area contributed by atoms with E-state index in [-0.39, 0.29) is 5.91 Å². The molecule has 0 unspecified atom stereocenters. The fourth-order valence-electron chi connectivity index (χ4n) is 3.15. The van der Waals surface area contributed by atoms with Crippen molar-refractivity contribution in [1.82, 2.24) is 4.90 Å². The number of amides is 1. The highest BCUT2D eigenvalue weighted by atomic mass is 16.3. The van der Waals surface area contributed by atoms with Gasteiger partial charge in [-0.1, -0.05) is 18.2 Å². The normalized spacial score (nSPS) is 15.6. The van der Waals surface area contributed by atoms with Crippen molar-refractivity contribution in [3.63, 3.8) is 0 Å². The number of likely N-dealkylation sites (tertiary alicyclic amines) is 1. The highest BCUT2D eigenvalue weighted by molar-refractivity contribution is 6.07. The quantitative estimate of drug-likeness (QED) is 0.802. The van der Waals surface area contributed by atoms with Gasteiger partial charge in [-0.3, -0.25) is 9.69 Å². The third-order valence-corrected chi connectivity index (χ3v) is 4.23. The molecule has 1 saturated heterocycles. The topological polar surface area (TPSA) is 45.5 Å². The van der Waals surface area contributed by atoms with Crippen molar-refractivity contribution < 1.29 is 9.21 Å². The smallest absolute Gasteiger partial charge is 0.238 e. The van der Waals surface area contributed by atoms with Crippen LogP contribution in [0.3, 0.4) is 0 Å². The molecule has 22 heavy (non-hydrogen) atoms. The Labute approximate surface area is 128 Å². The number of para-hydroxylation sites is 1. The molecule has 4 rings (SSSR count). The first kappa shape index (κ1) is 13.3. The summed E-state index contributed by atoms with van der Waals surface area (Å²) in [5, 5.41) is 5.11. The Bertz CT molecular complexity index is 831. The molecule has 1 aliphatic rings. The first-order chi connectivity index (χ1) is 10.8. The summed E-state index contributed by atoms with van der Waals surface area (Å²) in [7, 11) is 0. The third-order valence-electron chi connectivity index (χ3n) is 4.23. The molecule has 0 spiro atoms. The Hall–Kier alpha value is -2.33. The molecule has 1 aromatic heterocycles. The molecule has 1 N–H and O–H groups in total. The lowest BCUT2D eigenvalue weighted by molar-refractivity contribution is -0.117. The average Bonchev–Trinajstić information content (AvgIpc) is 3.14. The van der Waals surface area contributed by atoms with E-state index in [0.29, 0.717) is 6.54 Å². The molecule has 3 aromatic rings. The predicted octanol–water partition coefficient (Wildman–Crippen LogP) is 3.62. The second kappa shape index (κ2) is 5.46. The van der Waals surface area contributed by atoms with Crippen molar-refractivity contribution in [2.24, 2.45) is 0 Å². The number of anilines is 1. The number of nitrogens with one attached hydrogen (secondary N) is 1. The number of rotatable bonds is 3. The van der Waals surface area contributed by atoms with E-state index in [1.807, 2.05) is 42.5 Å². The van der Waals surface area contributed by atoms with Gasteiger partial charge in [-0.15, -0.1) is 0 Å². The molecule has 4 nitrogen and oxygen atoms in total. The summed E-state index contributed by atoms with van der Waals surface area (Å²) in [6, 6.07) is 13.8. The van der Waals surface area contributed by atoms with Crippen LogP contribution in [0.15, 0.2) is 46.9 Å². The minimum atomic E-state index is 0.0500. The molecule has 0 saturated carbocycles. The highest BCUT2D eigenvalue weighted by Crippen LogP contribution is 2.30. The van der Waals surface area contributed by atoms with E-state index in [4.69, 9.17) is 4.42 Å². The number of benzene rings is 2. The summed E-state index contributed by atoms with van der Waals surface area (Å²) in [5.74, 6) is 0.0500. The van der Waals surface area contributed by atoms with Gasteiger partial charge in [-0.2, -0.15) is 0 Å². The zero-order valence-corrected chi connectivity index (χ0v) is 12.3. The first-order valence-electron chi connectivity index (χ1n) is 7.73. The summed E-state index contributed by atoms with van der Waals surface area (Å²) in [6.07, 6.45) is 2.39. The Kier molecular flexibility index (Phi) is 3.31. The van der Waals surface area contributed by atoms with E-state index < -0.39 is 0 Å². The van der Waals surface area contributed by atoms with Crippen LogP contribution in [0.4, 0.5) is 5.69 Å². The molecule has 2 aromatic carbocycles. The van der Waals surface area contributed by atoms with Crippen LogP contribution in [0.5, 0.6) is 0 Å². The van der Waals surface area contributed by atoms with Crippen molar-refractivity contribution in [1.29, 1.82) is 0 Å². The molecule has 4 heteroatoms. The van der Waals surface area contributed by atoms with E-state index in [2.05, 4.69) is 10.2 Å². The van der Waals surface area contributed by atoms with Gasteiger partial charge < -0.3 is 9.73 Å². The summed E-state index contributed by atoms with van der Waals surface area (Å²) in [6.45, 7) is 2.53. The lowest BCUT2D eigenvalue weighted by Crippen LogP contribution is -2.30. The zero-order chi connectivity index (χ0) is 14.9. The van der Waals surface area contributed by atoms with Gasteiger partial charge in [0.25, 0.3) is 0 Å². The molecule has 0 bridgehead atoms. The fraction of sp³-hybridized carbons (Fsp3) is 0.278. The van der Waals surface area contributed by atoms with E-state index >= 15 is 0 Å². The number of hydrogen-bond acceptors (Lipinski definition) is 3. The van der Waals surface area contributed by atoms with Gasteiger partial charge in [0.05, 0.1) is 6.54 Å². The number of nitrogens with zero attached hydrogens (tertiary/aromatic N) is 1. The number of hydrogen-bond donors (Lipinski definition) is 1. The van der Waals surface area contributed by atoms with Crippen LogP contribution >= 0.6 is 0 Å². The largest absolute Gasteiger partial charge is 0.456 e. The summed E-state index contributed by atoms with van der Waals surface area (Å²) >= 11 is 0. The molecular formula is C18H18N2O2. The lowest BCUT2D eigenvalue weighted by atomic mass is 10.1. The van der Waals surface area contributed by atoms with Crippen molar-refractivity contribution in [3.05, 3.63) is 42.5 Å². The number of fused-ring (bicyclic) bond motifs is 3. The van der Waals surface area contributed by atoms with Crippen molar-refractivity contribution >= 4 is 33.5 Å². The molecule has 1 aliphatic heterocycles. The van der Waals surface area contributed by atoms with Gasteiger partial charge in [0.2, 0.25) is 5.91 Å². The summed E-state index contributed by atoms with van der Waals surface area (Å²) in [5.41, 5.74) is 2.54.